The first-order valence-corrected chi connectivity index (χ1v) is 16.7. The summed E-state index contributed by atoms with van der Waals surface area (Å²) < 4.78 is 10.9. The maximum Gasteiger partial charge on any atom is 0.335 e. The molecule has 1 atom stereocenters. The van der Waals surface area contributed by atoms with E-state index in [1.54, 1.807) is 0 Å². The van der Waals surface area contributed by atoms with Crippen LogP contribution in [0.1, 0.15) is 10.8 Å². The smallest absolute Gasteiger partial charge is 0.335 e. The van der Waals surface area contributed by atoms with Gasteiger partial charge >= 0.3 is 5.97 Å². The predicted molar refractivity (Wildman–Crippen MR) is 180 cm³/mol. The van der Waals surface area contributed by atoms with Gasteiger partial charge in [-0.3, -0.25) is 0 Å². The molecule has 0 aliphatic heterocycles. The van der Waals surface area contributed by atoms with Gasteiger partial charge in [-0.2, -0.15) is 0 Å². The maximum atomic E-state index is 12.3. The van der Waals surface area contributed by atoms with E-state index in [1.165, 1.54) is 56.2 Å². The molecule has 2 heterocycles. The van der Waals surface area contributed by atoms with E-state index in [2.05, 4.69) is 97.6 Å². The molecule has 7 rings (SSSR count). The fourth-order valence-electron chi connectivity index (χ4n) is 5.14. The third-order valence-electron chi connectivity index (χ3n) is 7.04. The minimum absolute atomic E-state index is 0.0364. The molecular weight excluding hydrogens is 581 g/mol. The van der Waals surface area contributed by atoms with Crippen LogP contribution < -0.4 is 4.74 Å². The molecule has 5 aromatic carbocycles. The van der Waals surface area contributed by atoms with Crippen LogP contribution in [0.5, 0.6) is 5.75 Å². The zero-order chi connectivity index (χ0) is 27.8. The molecule has 2 nitrogen and oxygen atoms in total. The number of thiophene rings is 2. The minimum atomic E-state index is -0.449. The van der Waals surface area contributed by atoms with Crippen LogP contribution >= 0.6 is 46.2 Å². The second-order valence-electron chi connectivity index (χ2n) is 9.54. The summed E-state index contributed by atoms with van der Waals surface area (Å²) in [6, 6.07) is 38.3. The van der Waals surface area contributed by atoms with Gasteiger partial charge in [0.05, 0.1) is 0 Å². The summed E-state index contributed by atoms with van der Waals surface area (Å²) in [4.78, 5) is 14.8. The Labute approximate surface area is 254 Å². The summed E-state index contributed by atoms with van der Waals surface area (Å²) in [6.07, 6.45) is 1.22. The number of carbonyl (C=O) groups excluding carboxylic acids is 1. The molecule has 0 spiro atoms. The van der Waals surface area contributed by atoms with Gasteiger partial charge in [-0.1, -0.05) is 85.4 Å². The normalized spacial score (nSPS) is 12.3. The molecule has 7 aromatic rings. The van der Waals surface area contributed by atoms with Crippen LogP contribution in [-0.2, 0) is 4.79 Å². The van der Waals surface area contributed by atoms with Gasteiger partial charge in [-0.25, -0.2) is 4.79 Å². The minimum Gasteiger partial charge on any atom is -0.423 e. The summed E-state index contributed by atoms with van der Waals surface area (Å²) in [5.41, 5.74) is 1.00. The monoisotopic (exact) mass is 604 g/mol. The first-order valence-electron chi connectivity index (χ1n) is 13.2. The van der Waals surface area contributed by atoms with Crippen molar-refractivity contribution in [1.29, 1.82) is 0 Å². The van der Waals surface area contributed by atoms with Crippen molar-refractivity contribution in [2.45, 2.75) is 15.0 Å². The third-order valence-corrected chi connectivity index (χ3v) is 12.4. The first-order chi connectivity index (χ1) is 20.2. The molecular formula is C35H24O2S4. The highest BCUT2D eigenvalue weighted by Gasteiger charge is 2.22. The van der Waals surface area contributed by atoms with E-state index in [9.17, 15) is 4.79 Å². The van der Waals surface area contributed by atoms with Crippen LogP contribution in [0.4, 0.5) is 0 Å². The van der Waals surface area contributed by atoms with Gasteiger partial charge in [-0.15, -0.1) is 46.2 Å². The fraction of sp³-hybridized carbons (Fsp3) is 0.0571. The van der Waals surface area contributed by atoms with Crippen molar-refractivity contribution in [1.82, 2.24) is 0 Å². The van der Waals surface area contributed by atoms with Gasteiger partial charge in [0.25, 0.3) is 0 Å². The number of benzene rings is 5. The number of rotatable bonds is 8. The van der Waals surface area contributed by atoms with E-state index in [1.807, 2.05) is 64.4 Å². The van der Waals surface area contributed by atoms with Crippen molar-refractivity contribution < 1.29 is 9.53 Å². The van der Waals surface area contributed by atoms with Gasteiger partial charge in [-0.05, 0) is 30.3 Å². The Balaban J connectivity index is 1.30. The van der Waals surface area contributed by atoms with Crippen LogP contribution in [0.25, 0.3) is 40.3 Å². The van der Waals surface area contributed by atoms with Crippen molar-refractivity contribution in [2.24, 2.45) is 0 Å². The fourth-order valence-corrected chi connectivity index (χ4v) is 10.3. The van der Waals surface area contributed by atoms with Gasteiger partial charge < -0.3 is 4.74 Å². The average molecular weight is 605 g/mol. The Bertz CT molecular complexity index is 2070. The summed E-state index contributed by atoms with van der Waals surface area (Å²) in [5, 5.41) is 5.21. The number of hydrogen-bond donors (Lipinski definition) is 0. The lowest BCUT2D eigenvalue weighted by molar-refractivity contribution is -0.129. The van der Waals surface area contributed by atoms with Gasteiger partial charge in [0.15, 0.2) is 0 Å². The average Bonchev–Trinajstić information content (AvgIpc) is 3.59. The number of hydrogen-bond acceptors (Lipinski definition) is 6. The number of ether oxygens (including phenoxy) is 1. The number of carbonyl (C=O) groups is 1. The molecule has 6 heteroatoms. The Morgan fingerprint density at radius 2 is 1.27 bits per heavy atom. The number of thioether (sulfide) groups is 2. The first kappa shape index (κ1) is 26.4. The Morgan fingerprint density at radius 1 is 0.707 bits per heavy atom. The largest absolute Gasteiger partial charge is 0.423 e. The van der Waals surface area contributed by atoms with Crippen molar-refractivity contribution in [3.63, 3.8) is 0 Å². The third kappa shape index (κ3) is 5.06. The Kier molecular flexibility index (Phi) is 7.31. The maximum absolute atomic E-state index is 12.3. The summed E-state index contributed by atoms with van der Waals surface area (Å²) >= 11 is 7.39. The Morgan fingerprint density at radius 3 is 1.95 bits per heavy atom. The molecule has 2 aromatic heterocycles. The lowest BCUT2D eigenvalue weighted by Crippen LogP contribution is -2.08. The Hall–Kier alpha value is -3.55. The molecule has 0 radical (unpaired) electrons. The molecule has 0 bridgehead atoms. The van der Waals surface area contributed by atoms with E-state index < -0.39 is 5.97 Å². The second kappa shape index (κ2) is 11.4. The zero-order valence-electron chi connectivity index (χ0n) is 21.9. The highest BCUT2D eigenvalue weighted by molar-refractivity contribution is 8.03. The summed E-state index contributed by atoms with van der Waals surface area (Å²) in [7, 11) is 0. The second-order valence-corrected chi connectivity index (χ2v) is 14.0. The van der Waals surface area contributed by atoms with Crippen LogP contribution in [0.3, 0.4) is 0 Å². The quantitative estimate of drug-likeness (QED) is 0.0746. The summed E-state index contributed by atoms with van der Waals surface area (Å²) in [5.74, 6) is 0.941. The molecule has 0 saturated heterocycles. The lowest BCUT2D eigenvalue weighted by atomic mass is 10.1. The predicted octanol–water partition coefficient (Wildman–Crippen LogP) is 11.1. The standard InChI is InChI=1S/C35H24O2S4/c1-2-33(36)37-27-16-6-3-13-26(27)32(39-31-20-10-15-25-23-12-5-8-18-29(23)41-35(25)31)21-38-30-19-9-14-24-22-11-4-7-17-28(22)40-34(24)30/h2-20,32H,1,21H2. The van der Waals surface area contributed by atoms with Crippen LogP contribution in [0.15, 0.2) is 132 Å². The highest BCUT2D eigenvalue weighted by atomic mass is 32.2. The zero-order valence-corrected chi connectivity index (χ0v) is 25.2. The highest BCUT2D eigenvalue weighted by Crippen LogP contribution is 2.48. The molecule has 0 N–H and O–H groups in total. The van der Waals surface area contributed by atoms with E-state index in [4.69, 9.17) is 4.74 Å². The van der Waals surface area contributed by atoms with Crippen LogP contribution in [0.2, 0.25) is 0 Å². The van der Waals surface area contributed by atoms with Gasteiger partial charge in [0.1, 0.15) is 5.75 Å². The number of esters is 1. The van der Waals surface area contributed by atoms with Crippen molar-refractivity contribution in [3.05, 3.63) is 127 Å². The number of para-hydroxylation sites is 1. The molecule has 0 saturated carbocycles. The number of fused-ring (bicyclic) bond motifs is 6. The van der Waals surface area contributed by atoms with E-state index >= 15 is 0 Å². The van der Waals surface area contributed by atoms with Crippen molar-refractivity contribution in [2.75, 3.05) is 5.75 Å². The van der Waals surface area contributed by atoms with E-state index in [0.29, 0.717) is 5.75 Å². The topological polar surface area (TPSA) is 26.3 Å². The molecule has 1 unspecified atom stereocenters. The molecule has 200 valence electrons. The van der Waals surface area contributed by atoms with E-state index in [0.717, 1.165) is 11.3 Å². The van der Waals surface area contributed by atoms with Gasteiger partial charge in [0, 0.05) is 72.8 Å². The SMILES string of the molecule is C=CC(=O)Oc1ccccc1C(CSc1cccc2c1sc1ccccc12)Sc1cccc2c1sc1ccccc12. The van der Waals surface area contributed by atoms with Crippen molar-refractivity contribution in [3.8, 4) is 5.75 Å². The van der Waals surface area contributed by atoms with Crippen molar-refractivity contribution >= 4 is 92.5 Å². The lowest BCUT2D eigenvalue weighted by Gasteiger charge is -2.20. The molecule has 41 heavy (non-hydrogen) atoms. The van der Waals surface area contributed by atoms with Crippen LogP contribution in [-0.4, -0.2) is 11.7 Å². The molecule has 0 amide bonds. The summed E-state index contributed by atoms with van der Waals surface area (Å²) in [6.45, 7) is 3.60. The van der Waals surface area contributed by atoms with E-state index in [-0.39, 0.29) is 5.25 Å². The van der Waals surface area contributed by atoms with Crippen LogP contribution in [0, 0.1) is 0 Å². The molecule has 0 fully saturated rings. The van der Waals surface area contributed by atoms with Gasteiger partial charge in [0.2, 0.25) is 0 Å². The molecule has 0 aliphatic carbocycles. The molecule has 0 aliphatic rings.